The van der Waals surface area contributed by atoms with Gasteiger partial charge in [0.1, 0.15) is 23.7 Å². The Morgan fingerprint density at radius 2 is 1.32 bits per heavy atom. The second-order valence-corrected chi connectivity index (χ2v) is 12.5. The third-order valence-corrected chi connectivity index (χ3v) is 8.63. The molecular weight excluding hydrogens is 722 g/mol. The van der Waals surface area contributed by atoms with Crippen LogP contribution in [0.1, 0.15) is 70.2 Å². The summed E-state index contributed by atoms with van der Waals surface area (Å²) in [6.45, 7) is 14.1. The molecular formula is C38H43N11O7. The number of rotatable bonds is 12. The largest absolute Gasteiger partial charge is 0.462 e. The molecule has 4 N–H and O–H groups in total. The number of carbonyl (C=O) groups is 3. The number of nitrogens with zero attached hydrogens (tertiary/aromatic N) is 7. The fourth-order valence-electron chi connectivity index (χ4n) is 5.71. The normalized spacial score (nSPS) is 10.7. The number of aryl methyl sites for hydroxylation is 4. The highest BCUT2D eigenvalue weighted by Gasteiger charge is 2.21. The van der Waals surface area contributed by atoms with Crippen LogP contribution in [0.3, 0.4) is 0 Å². The highest BCUT2D eigenvalue weighted by atomic mass is 16.6. The number of esters is 1. The second-order valence-electron chi connectivity index (χ2n) is 12.5. The van der Waals surface area contributed by atoms with Crippen molar-refractivity contribution in [1.29, 1.82) is 0 Å². The van der Waals surface area contributed by atoms with E-state index in [9.17, 15) is 24.5 Å². The predicted molar refractivity (Wildman–Crippen MR) is 210 cm³/mol. The Morgan fingerprint density at radius 1 is 0.768 bits per heavy atom. The molecule has 0 aliphatic carbocycles. The van der Waals surface area contributed by atoms with Crippen molar-refractivity contribution in [2.75, 3.05) is 35.7 Å². The average molecular weight is 766 g/mol. The molecule has 0 bridgehead atoms. The number of fused-ring (bicyclic) bond motifs is 2. The van der Waals surface area contributed by atoms with Gasteiger partial charge in [0, 0.05) is 48.1 Å². The fraction of sp³-hybridized carbons (Fsp3) is 0.289. The van der Waals surface area contributed by atoms with Crippen LogP contribution in [-0.4, -0.2) is 71.8 Å². The number of hydrogen-bond acceptors (Lipinski definition) is 13. The molecule has 18 heteroatoms. The molecule has 0 saturated heterocycles. The molecule has 0 aliphatic heterocycles. The van der Waals surface area contributed by atoms with Gasteiger partial charge in [-0.05, 0) is 82.3 Å². The maximum absolute atomic E-state index is 12.5. The lowest BCUT2D eigenvalue weighted by Gasteiger charge is -2.13. The van der Waals surface area contributed by atoms with E-state index in [2.05, 4.69) is 41.4 Å². The number of hydrogen-bond donors (Lipinski definition) is 4. The predicted octanol–water partition coefficient (Wildman–Crippen LogP) is 6.97. The van der Waals surface area contributed by atoms with Crippen LogP contribution in [-0.2, 0) is 9.47 Å². The molecule has 6 rings (SSSR count). The summed E-state index contributed by atoms with van der Waals surface area (Å²) in [4.78, 5) is 55.5. The van der Waals surface area contributed by atoms with Crippen LogP contribution in [0.4, 0.5) is 39.2 Å². The smallest absolute Gasteiger partial charge is 0.411 e. The van der Waals surface area contributed by atoms with Gasteiger partial charge < -0.3 is 25.4 Å². The van der Waals surface area contributed by atoms with Gasteiger partial charge in [-0.25, -0.2) is 28.6 Å². The van der Waals surface area contributed by atoms with Gasteiger partial charge in [0.15, 0.2) is 11.6 Å². The topological polar surface area (TPSA) is 221 Å². The van der Waals surface area contributed by atoms with Crippen molar-refractivity contribution in [3.05, 3.63) is 105 Å². The molecule has 0 atom stereocenters. The van der Waals surface area contributed by atoms with Crippen LogP contribution < -0.4 is 21.3 Å². The van der Waals surface area contributed by atoms with Crippen molar-refractivity contribution in [2.45, 2.75) is 54.9 Å². The van der Waals surface area contributed by atoms with E-state index < -0.39 is 17.0 Å². The fourth-order valence-corrected chi connectivity index (χ4v) is 5.71. The van der Waals surface area contributed by atoms with E-state index in [0.29, 0.717) is 63.9 Å². The van der Waals surface area contributed by atoms with Gasteiger partial charge in [-0.1, -0.05) is 19.1 Å². The molecule has 0 radical (unpaired) electrons. The van der Waals surface area contributed by atoms with Crippen molar-refractivity contribution < 1.29 is 28.8 Å². The first-order valence-corrected chi connectivity index (χ1v) is 17.8. The molecule has 0 fully saturated rings. The molecule has 6 aromatic rings. The van der Waals surface area contributed by atoms with Gasteiger partial charge in [0.2, 0.25) is 0 Å². The van der Waals surface area contributed by atoms with E-state index in [1.165, 1.54) is 29.3 Å². The number of carbonyl (C=O) groups excluding carboxylic acids is 3. The lowest BCUT2D eigenvalue weighted by Crippen LogP contribution is -2.24. The number of nitrogens with one attached hydrogen (secondary N) is 4. The third-order valence-electron chi connectivity index (χ3n) is 8.63. The van der Waals surface area contributed by atoms with E-state index in [4.69, 9.17) is 9.47 Å². The molecule has 56 heavy (non-hydrogen) atoms. The number of nitro benzene ring substituents is 1. The number of amides is 2. The third kappa shape index (κ3) is 8.98. The molecule has 0 saturated carbocycles. The molecule has 4 heterocycles. The Balaban J connectivity index is 0.000000216. The van der Waals surface area contributed by atoms with E-state index in [1.54, 1.807) is 55.9 Å². The van der Waals surface area contributed by atoms with E-state index in [0.717, 1.165) is 28.8 Å². The number of non-ortho nitro benzene ring substituents is 1. The Hall–Kier alpha value is -7.11. The van der Waals surface area contributed by atoms with Crippen LogP contribution in [0.2, 0.25) is 0 Å². The van der Waals surface area contributed by atoms with E-state index in [1.807, 2.05) is 33.8 Å². The summed E-state index contributed by atoms with van der Waals surface area (Å²) in [5.74, 6) is 0.431. The summed E-state index contributed by atoms with van der Waals surface area (Å²) in [5.41, 5.74) is 7.38. The van der Waals surface area contributed by atoms with Gasteiger partial charge in [0.25, 0.3) is 11.6 Å². The zero-order valence-electron chi connectivity index (χ0n) is 32.1. The number of benzene rings is 2. The first-order valence-electron chi connectivity index (χ1n) is 17.8. The lowest BCUT2D eigenvalue weighted by atomic mass is 10.1. The molecule has 2 amide bonds. The molecule has 2 aromatic carbocycles. The van der Waals surface area contributed by atoms with Crippen LogP contribution in [0.25, 0.3) is 11.0 Å². The molecule has 0 aliphatic rings. The molecule has 18 nitrogen and oxygen atoms in total. The van der Waals surface area contributed by atoms with Gasteiger partial charge in [0.05, 0.1) is 29.3 Å². The van der Waals surface area contributed by atoms with Crippen molar-refractivity contribution in [2.24, 2.45) is 0 Å². The molecule has 4 aromatic heterocycles. The van der Waals surface area contributed by atoms with Crippen LogP contribution in [0.5, 0.6) is 0 Å². The zero-order valence-corrected chi connectivity index (χ0v) is 32.1. The first kappa shape index (κ1) is 40.1. The van der Waals surface area contributed by atoms with Gasteiger partial charge in [-0.15, -0.1) is 0 Å². The Bertz CT molecular complexity index is 2420. The van der Waals surface area contributed by atoms with E-state index >= 15 is 0 Å². The van der Waals surface area contributed by atoms with E-state index in [-0.39, 0.29) is 18.2 Å². The minimum atomic E-state index is -0.512. The standard InChI is InChI=1S/C21H26N6O3.C17H17N5O4/c1-5-9-22-20(28)16-11-27-18(14(16)4)19(23-12-24-27)26-17-10-15(8-7-13(17)3)25-21(29)30-6-2;1-4-26-17(23)13-8-21-15(11(13)3)16(18-9-19-21)20-14-7-12(22(24)25)6-5-10(14)2/h7-8,10-12H,5-6,9H2,1-4H3,(H,22,28)(H,25,29)(H,23,24,26);5-9H,4H2,1-3H3,(H,18,19,20). The van der Waals surface area contributed by atoms with Gasteiger partial charge in [-0.2, -0.15) is 10.2 Å². The summed E-state index contributed by atoms with van der Waals surface area (Å²) < 4.78 is 13.2. The molecule has 0 spiro atoms. The quantitative estimate of drug-likeness (QED) is 0.0562. The summed E-state index contributed by atoms with van der Waals surface area (Å²) in [6.07, 6.45) is 6.40. The zero-order chi connectivity index (χ0) is 40.5. The maximum atomic E-state index is 12.5. The molecule has 292 valence electrons. The number of nitro groups is 1. The summed E-state index contributed by atoms with van der Waals surface area (Å²) in [6, 6.07) is 10.0. The highest BCUT2D eigenvalue weighted by molar-refractivity contribution is 5.99. The Morgan fingerprint density at radius 3 is 1.89 bits per heavy atom. The van der Waals surface area contributed by atoms with Crippen LogP contribution in [0, 0.1) is 37.8 Å². The number of ether oxygens (including phenoxy) is 2. The van der Waals surface area contributed by atoms with Crippen molar-refractivity contribution >= 4 is 63.4 Å². The Labute approximate surface area is 321 Å². The Kier molecular flexibility index (Phi) is 12.7. The average Bonchev–Trinajstić information content (AvgIpc) is 3.70. The second kappa shape index (κ2) is 17.8. The number of anilines is 5. The minimum Gasteiger partial charge on any atom is -0.462 e. The SMILES string of the molecule is CCCNC(=O)c1cn2ncnc(Nc3cc(NC(=O)OCC)ccc3C)c2c1C.CCOC(=O)c1cn2ncnc(Nc3cc([N+](=O)[O-])ccc3C)c2c1C. The maximum Gasteiger partial charge on any atom is 0.411 e. The van der Waals surface area contributed by atoms with Crippen LogP contribution in [0.15, 0.2) is 61.4 Å². The van der Waals surface area contributed by atoms with Gasteiger partial charge >= 0.3 is 12.1 Å². The van der Waals surface area contributed by atoms with Crippen molar-refractivity contribution in [3.63, 3.8) is 0 Å². The highest BCUT2D eigenvalue weighted by Crippen LogP contribution is 2.30. The number of aromatic nitrogens is 6. The molecule has 0 unspecified atom stereocenters. The van der Waals surface area contributed by atoms with Crippen molar-refractivity contribution in [3.8, 4) is 0 Å². The summed E-state index contributed by atoms with van der Waals surface area (Å²) >= 11 is 0. The minimum absolute atomic E-state index is 0.0255. The first-order chi connectivity index (χ1) is 26.9. The van der Waals surface area contributed by atoms with Gasteiger partial charge in [-0.3, -0.25) is 20.2 Å². The van der Waals surface area contributed by atoms with Crippen LogP contribution >= 0.6 is 0 Å². The lowest BCUT2D eigenvalue weighted by molar-refractivity contribution is -0.384. The monoisotopic (exact) mass is 765 g/mol. The summed E-state index contributed by atoms with van der Waals surface area (Å²) in [5, 5.41) is 31.4. The van der Waals surface area contributed by atoms with Crippen molar-refractivity contribution in [1.82, 2.24) is 34.5 Å². The summed E-state index contributed by atoms with van der Waals surface area (Å²) in [7, 11) is 0.